The van der Waals surface area contributed by atoms with Gasteiger partial charge in [-0.1, -0.05) is 6.92 Å². The van der Waals surface area contributed by atoms with Gasteiger partial charge < -0.3 is 9.47 Å². The quantitative estimate of drug-likeness (QED) is 0.691. The van der Waals surface area contributed by atoms with E-state index in [0.29, 0.717) is 18.8 Å². The molecule has 0 aromatic heterocycles. The van der Waals surface area contributed by atoms with Crippen molar-refractivity contribution in [3.8, 4) is 11.8 Å². The molecular weight excluding hydrogens is 202 g/mol. The van der Waals surface area contributed by atoms with Crippen molar-refractivity contribution in [3.63, 3.8) is 0 Å². The Balaban J connectivity index is 2.38. The van der Waals surface area contributed by atoms with Crippen LogP contribution in [0, 0.1) is 18.3 Å². The van der Waals surface area contributed by atoms with Crippen LogP contribution in [0.1, 0.15) is 24.5 Å². The van der Waals surface area contributed by atoms with Crippen molar-refractivity contribution in [3.05, 3.63) is 29.3 Å². The van der Waals surface area contributed by atoms with Gasteiger partial charge in [-0.15, -0.1) is 0 Å². The molecule has 3 nitrogen and oxygen atoms in total. The summed E-state index contributed by atoms with van der Waals surface area (Å²) in [4.78, 5) is 0. The molecule has 0 aliphatic heterocycles. The lowest BCUT2D eigenvalue weighted by Gasteiger charge is -2.07. The second-order valence-corrected chi connectivity index (χ2v) is 3.55. The highest BCUT2D eigenvalue weighted by Gasteiger charge is 1.99. The number of hydrogen-bond acceptors (Lipinski definition) is 3. The lowest BCUT2D eigenvalue weighted by atomic mass is 10.1. The molecule has 0 atom stereocenters. The summed E-state index contributed by atoms with van der Waals surface area (Å²) in [5.41, 5.74) is 1.63. The van der Waals surface area contributed by atoms with Gasteiger partial charge in [0, 0.05) is 6.61 Å². The minimum absolute atomic E-state index is 0.547. The Morgan fingerprint density at radius 2 is 2.06 bits per heavy atom. The van der Waals surface area contributed by atoms with E-state index in [1.54, 1.807) is 6.07 Å². The summed E-state index contributed by atoms with van der Waals surface area (Å²) >= 11 is 0. The zero-order chi connectivity index (χ0) is 11.8. The van der Waals surface area contributed by atoms with Crippen LogP contribution in [0.3, 0.4) is 0 Å². The molecule has 86 valence electrons. The standard InChI is InChI=1S/C13H17NO2/c1-3-6-15-7-8-16-13-5-4-12(10-14)11(2)9-13/h4-5,9H,3,6-8H2,1-2H3. The number of hydrogen-bond donors (Lipinski definition) is 0. The number of aryl methyl sites for hydroxylation is 1. The fourth-order valence-corrected chi connectivity index (χ4v) is 1.32. The molecule has 0 heterocycles. The maximum Gasteiger partial charge on any atom is 0.119 e. The van der Waals surface area contributed by atoms with Crippen molar-refractivity contribution in [2.24, 2.45) is 0 Å². The molecule has 0 N–H and O–H groups in total. The third kappa shape index (κ3) is 3.92. The zero-order valence-corrected chi connectivity index (χ0v) is 9.82. The number of rotatable bonds is 6. The van der Waals surface area contributed by atoms with Crippen LogP contribution in [-0.4, -0.2) is 19.8 Å². The highest BCUT2D eigenvalue weighted by molar-refractivity contribution is 5.41. The van der Waals surface area contributed by atoms with Crippen LogP contribution < -0.4 is 4.74 Å². The second kappa shape index (κ2) is 6.86. The van der Waals surface area contributed by atoms with Gasteiger partial charge in [0.15, 0.2) is 0 Å². The van der Waals surface area contributed by atoms with Gasteiger partial charge >= 0.3 is 0 Å². The zero-order valence-electron chi connectivity index (χ0n) is 9.82. The normalized spacial score (nSPS) is 9.81. The highest BCUT2D eigenvalue weighted by atomic mass is 16.5. The van der Waals surface area contributed by atoms with Crippen molar-refractivity contribution in [2.75, 3.05) is 19.8 Å². The largest absolute Gasteiger partial charge is 0.491 e. The van der Waals surface area contributed by atoms with Crippen molar-refractivity contribution < 1.29 is 9.47 Å². The molecule has 0 fully saturated rings. The van der Waals surface area contributed by atoms with E-state index in [1.165, 1.54) is 0 Å². The number of benzene rings is 1. The van der Waals surface area contributed by atoms with E-state index in [4.69, 9.17) is 14.7 Å². The van der Waals surface area contributed by atoms with E-state index >= 15 is 0 Å². The molecule has 1 aromatic carbocycles. The molecule has 0 unspecified atom stereocenters. The average Bonchev–Trinajstić information content (AvgIpc) is 2.29. The first-order chi connectivity index (χ1) is 7.77. The van der Waals surface area contributed by atoms with Crippen molar-refractivity contribution >= 4 is 0 Å². The van der Waals surface area contributed by atoms with E-state index in [2.05, 4.69) is 13.0 Å². The molecule has 1 rings (SSSR count). The predicted molar refractivity (Wildman–Crippen MR) is 62.5 cm³/mol. The van der Waals surface area contributed by atoms with E-state index in [1.807, 2.05) is 19.1 Å². The van der Waals surface area contributed by atoms with Gasteiger partial charge in [0.05, 0.1) is 18.2 Å². The summed E-state index contributed by atoms with van der Waals surface area (Å²) < 4.78 is 10.8. The van der Waals surface area contributed by atoms with E-state index < -0.39 is 0 Å². The summed E-state index contributed by atoms with van der Waals surface area (Å²) in [5, 5.41) is 8.77. The third-order valence-electron chi connectivity index (χ3n) is 2.16. The fraction of sp³-hybridized carbons (Fsp3) is 0.462. The molecule has 0 saturated carbocycles. The van der Waals surface area contributed by atoms with E-state index in [-0.39, 0.29) is 0 Å². The molecule has 1 aromatic rings. The Morgan fingerprint density at radius 1 is 1.25 bits per heavy atom. The lowest BCUT2D eigenvalue weighted by Crippen LogP contribution is -2.07. The van der Waals surface area contributed by atoms with Crippen molar-refractivity contribution in [2.45, 2.75) is 20.3 Å². The molecular formula is C13H17NO2. The van der Waals surface area contributed by atoms with Crippen LogP contribution in [0.15, 0.2) is 18.2 Å². The summed E-state index contributed by atoms with van der Waals surface area (Å²) in [6.07, 6.45) is 1.02. The first-order valence-corrected chi connectivity index (χ1v) is 5.49. The maximum atomic E-state index is 8.77. The van der Waals surface area contributed by atoms with Gasteiger partial charge in [-0.05, 0) is 37.1 Å². The van der Waals surface area contributed by atoms with Crippen LogP contribution >= 0.6 is 0 Å². The van der Waals surface area contributed by atoms with Crippen LogP contribution in [0.25, 0.3) is 0 Å². The van der Waals surface area contributed by atoms with Gasteiger partial charge in [-0.25, -0.2) is 0 Å². The smallest absolute Gasteiger partial charge is 0.119 e. The van der Waals surface area contributed by atoms with Crippen LogP contribution in [0.4, 0.5) is 0 Å². The first-order valence-electron chi connectivity index (χ1n) is 5.49. The molecule has 0 radical (unpaired) electrons. The van der Waals surface area contributed by atoms with Gasteiger partial charge in [0.2, 0.25) is 0 Å². The Kier molecular flexibility index (Phi) is 5.38. The van der Waals surface area contributed by atoms with Crippen LogP contribution in [0.2, 0.25) is 0 Å². The van der Waals surface area contributed by atoms with Gasteiger partial charge in [-0.2, -0.15) is 5.26 Å². The van der Waals surface area contributed by atoms with Crippen molar-refractivity contribution in [1.82, 2.24) is 0 Å². The van der Waals surface area contributed by atoms with Crippen LogP contribution in [0.5, 0.6) is 5.75 Å². The van der Waals surface area contributed by atoms with Gasteiger partial charge in [0.1, 0.15) is 12.4 Å². The van der Waals surface area contributed by atoms with Crippen LogP contribution in [-0.2, 0) is 4.74 Å². The summed E-state index contributed by atoms with van der Waals surface area (Å²) in [6.45, 7) is 5.90. The predicted octanol–water partition coefficient (Wildman–Crippen LogP) is 2.67. The fourth-order valence-electron chi connectivity index (χ4n) is 1.32. The third-order valence-corrected chi connectivity index (χ3v) is 2.16. The minimum Gasteiger partial charge on any atom is -0.491 e. The Hall–Kier alpha value is -1.53. The number of ether oxygens (including phenoxy) is 2. The maximum absolute atomic E-state index is 8.77. The molecule has 0 bridgehead atoms. The number of nitriles is 1. The molecule has 0 amide bonds. The highest BCUT2D eigenvalue weighted by Crippen LogP contribution is 2.16. The average molecular weight is 219 g/mol. The molecule has 16 heavy (non-hydrogen) atoms. The van der Waals surface area contributed by atoms with Gasteiger partial charge in [0.25, 0.3) is 0 Å². The summed E-state index contributed by atoms with van der Waals surface area (Å²) in [7, 11) is 0. The SMILES string of the molecule is CCCOCCOc1ccc(C#N)c(C)c1. The minimum atomic E-state index is 0.547. The first kappa shape index (κ1) is 12.5. The van der Waals surface area contributed by atoms with Crippen molar-refractivity contribution in [1.29, 1.82) is 5.26 Å². The van der Waals surface area contributed by atoms with E-state index in [9.17, 15) is 0 Å². The summed E-state index contributed by atoms with van der Waals surface area (Å²) in [5.74, 6) is 0.789. The molecule has 3 heteroatoms. The Bertz CT molecular complexity index is 369. The Morgan fingerprint density at radius 3 is 2.69 bits per heavy atom. The topological polar surface area (TPSA) is 42.2 Å². The number of nitrogens with zero attached hydrogens (tertiary/aromatic N) is 1. The van der Waals surface area contributed by atoms with Gasteiger partial charge in [-0.3, -0.25) is 0 Å². The molecule has 0 saturated heterocycles. The Labute approximate surface area is 96.6 Å². The van der Waals surface area contributed by atoms with E-state index in [0.717, 1.165) is 24.3 Å². The lowest BCUT2D eigenvalue weighted by molar-refractivity contribution is 0.101. The molecule has 0 spiro atoms. The second-order valence-electron chi connectivity index (χ2n) is 3.55. The molecule has 0 aliphatic carbocycles. The monoisotopic (exact) mass is 219 g/mol. The summed E-state index contributed by atoms with van der Waals surface area (Å²) in [6, 6.07) is 7.59. The molecule has 0 aliphatic rings.